The fraction of sp³-hybridized carbons (Fsp3) is 0.630. The monoisotopic (exact) mass is 648 g/mol. The van der Waals surface area contributed by atoms with E-state index in [2.05, 4.69) is 44.2 Å². The van der Waals surface area contributed by atoms with Crippen LogP contribution in [0.2, 0.25) is 0 Å². The Bertz CT molecular complexity index is 874. The Morgan fingerprint density at radius 2 is 1.56 bits per heavy atom. The lowest BCUT2D eigenvalue weighted by Crippen LogP contribution is -2.36. The van der Waals surface area contributed by atoms with Gasteiger partial charge in [0, 0.05) is 31.1 Å². The molecule has 1 rings (SSSR count). The van der Waals surface area contributed by atoms with Crippen molar-refractivity contribution in [1.82, 2.24) is 20.7 Å². The van der Waals surface area contributed by atoms with E-state index in [1.54, 1.807) is 28.5 Å². The Balaban J connectivity index is 2.01. The standard InChI is InChI=1S/C27H44N4O6S4/c1-3-4-11-29-27(33)30-12-5-6-15-37-23(2)39-40-25-9-7-24(8-10-25)22-26(32)28-13-16-34-18-20-36-21-19-35-17-14-31-41-38/h7-10,23,31,38H,5-6,11-22H2,1-2H3,(H,28,32)(H2,29,30,33)/t23-/m0/s1. The van der Waals surface area contributed by atoms with Crippen molar-refractivity contribution in [2.24, 2.45) is 0 Å². The molecule has 0 fully saturated rings. The zero-order chi connectivity index (χ0) is 29.8. The fourth-order valence-electron chi connectivity index (χ4n) is 2.98. The van der Waals surface area contributed by atoms with E-state index in [-0.39, 0.29) is 17.4 Å². The van der Waals surface area contributed by atoms with Crippen LogP contribution in [-0.4, -0.2) is 89.8 Å². The Labute approximate surface area is 262 Å². The van der Waals surface area contributed by atoms with Gasteiger partial charge in [0.15, 0.2) is 0 Å². The summed E-state index contributed by atoms with van der Waals surface area (Å²) in [4.78, 5) is 24.8. The average molecular weight is 649 g/mol. The molecule has 0 radical (unpaired) electrons. The number of rotatable bonds is 25. The van der Waals surface area contributed by atoms with Gasteiger partial charge in [-0.15, -0.1) is 5.92 Å². The second-order valence-electron chi connectivity index (χ2n) is 8.35. The summed E-state index contributed by atoms with van der Waals surface area (Å²) in [5, 5.41) is 8.34. The molecule has 0 saturated heterocycles. The van der Waals surface area contributed by atoms with Crippen LogP contribution in [0, 0.1) is 11.8 Å². The first-order chi connectivity index (χ1) is 20.0. The van der Waals surface area contributed by atoms with Gasteiger partial charge in [-0.05, 0) is 55.4 Å². The number of urea groups is 1. The molecule has 0 saturated carbocycles. The normalized spacial score (nSPS) is 11.4. The first-order valence-electron chi connectivity index (χ1n) is 13.5. The average Bonchev–Trinajstić information content (AvgIpc) is 2.97. The maximum absolute atomic E-state index is 12.2. The molecule has 1 aromatic rings. The summed E-state index contributed by atoms with van der Waals surface area (Å²) < 4.78 is 25.1. The number of carbonyl (C=O) groups excluding carboxylic acids is 2. The number of ether oxygens (including phenoxy) is 4. The molecule has 0 spiro atoms. The number of thiol groups is 1. The largest absolute Gasteiger partial charge is 0.378 e. The first-order valence-corrected chi connectivity index (χ1v) is 17.6. The number of unbranched alkanes of at least 4 members (excludes halogenated alkanes) is 1. The molecule has 0 aromatic heterocycles. The number of amides is 3. The molecule has 232 valence electrons. The predicted octanol–water partition coefficient (Wildman–Crippen LogP) is 3.68. The van der Waals surface area contributed by atoms with Crippen LogP contribution in [0.25, 0.3) is 0 Å². The Morgan fingerprint density at radius 1 is 0.878 bits per heavy atom. The van der Waals surface area contributed by atoms with E-state index in [1.165, 1.54) is 11.0 Å². The number of carbonyl (C=O) groups is 2. The van der Waals surface area contributed by atoms with Gasteiger partial charge >= 0.3 is 6.03 Å². The number of benzene rings is 1. The van der Waals surface area contributed by atoms with Crippen molar-refractivity contribution in [3.63, 3.8) is 0 Å². The van der Waals surface area contributed by atoms with Gasteiger partial charge in [-0.2, -0.15) is 0 Å². The van der Waals surface area contributed by atoms with Crippen LogP contribution in [-0.2, 0) is 30.2 Å². The number of nitrogens with one attached hydrogen (secondary N) is 4. The van der Waals surface area contributed by atoms with E-state index < -0.39 is 0 Å². The molecule has 0 aliphatic carbocycles. The molecule has 0 unspecified atom stereocenters. The molecule has 14 heteroatoms. The molecule has 0 aliphatic rings. The molecular formula is C27H44N4O6S4. The fourth-order valence-corrected chi connectivity index (χ4v) is 5.31. The molecule has 0 aliphatic heterocycles. The second kappa shape index (κ2) is 27.5. The van der Waals surface area contributed by atoms with Crippen LogP contribution in [0.3, 0.4) is 0 Å². The minimum absolute atomic E-state index is 0.0345. The van der Waals surface area contributed by atoms with Crippen molar-refractivity contribution in [3.8, 4) is 11.8 Å². The zero-order valence-corrected chi connectivity index (χ0v) is 27.3. The summed E-state index contributed by atoms with van der Waals surface area (Å²) in [6, 6.07) is 7.78. The highest BCUT2D eigenvalue weighted by Gasteiger charge is 2.07. The Morgan fingerprint density at radius 3 is 2.24 bits per heavy atom. The van der Waals surface area contributed by atoms with E-state index in [0.29, 0.717) is 72.3 Å². The van der Waals surface area contributed by atoms with Crippen molar-refractivity contribution >= 4 is 56.2 Å². The third-order valence-corrected chi connectivity index (χ3v) is 8.38. The van der Waals surface area contributed by atoms with Crippen LogP contribution in [0.15, 0.2) is 29.2 Å². The number of hydrogen-bond donors (Lipinski definition) is 5. The number of hydrogen-bond acceptors (Lipinski definition) is 11. The van der Waals surface area contributed by atoms with Gasteiger partial charge in [0.25, 0.3) is 0 Å². The van der Waals surface area contributed by atoms with E-state index in [4.69, 9.17) is 18.9 Å². The SMILES string of the molecule is CC#CCNC(=O)NCCCCO[C@H](C)SSc1ccc(CC(=O)NCCOCCOCCOCCNSS)cc1. The van der Waals surface area contributed by atoms with Crippen molar-refractivity contribution in [2.45, 2.75) is 43.4 Å². The van der Waals surface area contributed by atoms with Crippen LogP contribution in [0.1, 0.15) is 32.3 Å². The molecule has 1 atom stereocenters. The van der Waals surface area contributed by atoms with Crippen LogP contribution < -0.4 is 20.7 Å². The molecule has 1 aromatic carbocycles. The molecule has 4 N–H and O–H groups in total. The summed E-state index contributed by atoms with van der Waals surface area (Å²) in [7, 11) is 4.56. The lowest BCUT2D eigenvalue weighted by molar-refractivity contribution is -0.120. The smallest absolute Gasteiger partial charge is 0.315 e. The topological polar surface area (TPSA) is 119 Å². The lowest BCUT2D eigenvalue weighted by atomic mass is 10.1. The minimum Gasteiger partial charge on any atom is -0.378 e. The van der Waals surface area contributed by atoms with Gasteiger partial charge in [-0.25, -0.2) is 4.79 Å². The third-order valence-electron chi connectivity index (χ3n) is 5.02. The molecule has 0 heterocycles. The van der Waals surface area contributed by atoms with Gasteiger partial charge in [0.05, 0.1) is 52.6 Å². The van der Waals surface area contributed by atoms with Crippen molar-refractivity contribution < 1.29 is 28.5 Å². The van der Waals surface area contributed by atoms with Gasteiger partial charge in [-0.1, -0.05) is 51.3 Å². The third kappa shape index (κ3) is 23.9. The van der Waals surface area contributed by atoms with Gasteiger partial charge in [0.2, 0.25) is 5.91 Å². The van der Waals surface area contributed by atoms with Crippen molar-refractivity contribution in [1.29, 1.82) is 0 Å². The van der Waals surface area contributed by atoms with E-state index in [1.807, 2.05) is 31.2 Å². The van der Waals surface area contributed by atoms with Gasteiger partial charge in [0.1, 0.15) is 5.44 Å². The lowest BCUT2D eigenvalue weighted by Gasteiger charge is -2.12. The maximum Gasteiger partial charge on any atom is 0.315 e. The van der Waals surface area contributed by atoms with Crippen LogP contribution >= 0.6 is 44.2 Å². The summed E-state index contributed by atoms with van der Waals surface area (Å²) in [6.45, 7) is 9.64. The Kier molecular flexibility index (Phi) is 25.4. The van der Waals surface area contributed by atoms with Crippen molar-refractivity contribution in [3.05, 3.63) is 29.8 Å². The molecule has 10 nitrogen and oxygen atoms in total. The van der Waals surface area contributed by atoms with E-state index >= 15 is 0 Å². The van der Waals surface area contributed by atoms with Gasteiger partial charge in [-0.3, -0.25) is 9.52 Å². The van der Waals surface area contributed by atoms with Crippen molar-refractivity contribution in [2.75, 3.05) is 72.4 Å². The summed E-state index contributed by atoms with van der Waals surface area (Å²) in [5.41, 5.74) is 0.991. The second-order valence-corrected chi connectivity index (χ2v) is 11.9. The quantitative estimate of drug-likeness (QED) is 0.0268. The van der Waals surface area contributed by atoms with E-state index in [9.17, 15) is 9.59 Å². The highest BCUT2D eigenvalue weighted by molar-refractivity contribution is 8.76. The Hall–Kier alpha value is -1.28. The highest BCUT2D eigenvalue weighted by Crippen LogP contribution is 2.34. The van der Waals surface area contributed by atoms with Crippen LogP contribution in [0.4, 0.5) is 4.79 Å². The summed E-state index contributed by atoms with van der Waals surface area (Å²) in [6.07, 6.45) is 2.04. The molecular weight excluding hydrogens is 605 g/mol. The highest BCUT2D eigenvalue weighted by atomic mass is 33.1. The summed E-state index contributed by atoms with van der Waals surface area (Å²) >= 11 is 3.97. The minimum atomic E-state index is -0.199. The van der Waals surface area contributed by atoms with E-state index in [0.717, 1.165) is 29.8 Å². The first kappa shape index (κ1) is 37.7. The molecule has 3 amide bonds. The molecule has 0 bridgehead atoms. The zero-order valence-electron chi connectivity index (χ0n) is 23.9. The predicted molar refractivity (Wildman–Crippen MR) is 173 cm³/mol. The van der Waals surface area contributed by atoms with Gasteiger partial charge < -0.3 is 34.9 Å². The maximum atomic E-state index is 12.2. The summed E-state index contributed by atoms with van der Waals surface area (Å²) in [5.74, 6) is 5.48. The molecule has 41 heavy (non-hydrogen) atoms. The van der Waals surface area contributed by atoms with Crippen LogP contribution in [0.5, 0.6) is 0 Å².